The molecule has 0 aliphatic carbocycles. The van der Waals surface area contributed by atoms with E-state index in [-0.39, 0.29) is 42.3 Å². The van der Waals surface area contributed by atoms with Crippen LogP contribution in [0, 0.1) is 6.92 Å². The first-order chi connectivity index (χ1) is 15.6. The van der Waals surface area contributed by atoms with Gasteiger partial charge in [-0.15, -0.1) is 0 Å². The molecule has 1 unspecified atom stereocenters. The minimum Gasteiger partial charge on any atom is -0.478 e. The molecule has 1 fully saturated rings. The molecule has 1 aliphatic rings. The first-order valence-corrected chi connectivity index (χ1v) is 10.9. The fourth-order valence-corrected chi connectivity index (χ4v) is 4.31. The lowest BCUT2D eigenvalue weighted by molar-refractivity contribution is -0.0221. The van der Waals surface area contributed by atoms with Crippen LogP contribution >= 0.6 is 11.6 Å². The van der Waals surface area contributed by atoms with E-state index in [2.05, 4.69) is 10.3 Å². The number of piperidine rings is 1. The van der Waals surface area contributed by atoms with E-state index in [0.29, 0.717) is 16.9 Å². The maximum Gasteiger partial charge on any atom is 0.337 e. The SMILES string of the molecule is Cc1cc(C(C)Nc2ccccc2C(=O)O)c2nc(N3CCC(F)(F)CC3)c(Cl)c(=O)n2c1. The van der Waals surface area contributed by atoms with Gasteiger partial charge < -0.3 is 15.3 Å². The Kier molecular flexibility index (Phi) is 6.00. The van der Waals surface area contributed by atoms with E-state index in [0.717, 1.165) is 5.56 Å². The number of benzene rings is 1. The summed E-state index contributed by atoms with van der Waals surface area (Å²) in [5.74, 6) is -3.63. The zero-order valence-corrected chi connectivity index (χ0v) is 18.9. The number of fused-ring (bicyclic) bond motifs is 1. The number of carboxylic acid groups (broad SMARTS) is 1. The Bertz CT molecular complexity index is 1280. The number of carbonyl (C=O) groups is 1. The smallest absolute Gasteiger partial charge is 0.337 e. The van der Waals surface area contributed by atoms with Crippen molar-refractivity contribution in [1.82, 2.24) is 9.38 Å². The summed E-state index contributed by atoms with van der Waals surface area (Å²) < 4.78 is 28.6. The van der Waals surface area contributed by atoms with Crippen LogP contribution < -0.4 is 15.8 Å². The minimum atomic E-state index is -2.74. The lowest BCUT2D eigenvalue weighted by atomic mass is 10.1. The number of carboxylic acids is 1. The molecule has 2 aromatic heterocycles. The zero-order chi connectivity index (χ0) is 23.9. The third-order valence-corrected chi connectivity index (χ3v) is 6.14. The molecule has 0 radical (unpaired) electrons. The highest BCUT2D eigenvalue weighted by Gasteiger charge is 2.35. The van der Waals surface area contributed by atoms with E-state index in [9.17, 15) is 23.5 Å². The Balaban J connectivity index is 1.80. The van der Waals surface area contributed by atoms with Gasteiger partial charge in [0.2, 0.25) is 0 Å². The Morgan fingerprint density at radius 1 is 1.27 bits per heavy atom. The van der Waals surface area contributed by atoms with Crippen LogP contribution in [0.3, 0.4) is 0 Å². The molecule has 0 spiro atoms. The summed E-state index contributed by atoms with van der Waals surface area (Å²) in [6, 6.07) is 7.95. The second-order valence-electron chi connectivity index (χ2n) is 8.28. The molecular weight excluding hydrogens is 454 g/mol. The van der Waals surface area contributed by atoms with Crippen LogP contribution in [0.5, 0.6) is 0 Å². The van der Waals surface area contributed by atoms with Crippen LogP contribution in [0.4, 0.5) is 20.3 Å². The van der Waals surface area contributed by atoms with Crippen LogP contribution in [0.1, 0.15) is 47.3 Å². The maximum atomic E-state index is 13.6. The van der Waals surface area contributed by atoms with Gasteiger partial charge in [0.1, 0.15) is 10.7 Å². The largest absolute Gasteiger partial charge is 0.478 e. The van der Waals surface area contributed by atoms with Crippen molar-refractivity contribution in [3.05, 3.63) is 68.6 Å². The number of hydrogen-bond donors (Lipinski definition) is 2. The lowest BCUT2D eigenvalue weighted by Crippen LogP contribution is -2.40. The Morgan fingerprint density at radius 2 is 1.94 bits per heavy atom. The molecule has 10 heteroatoms. The topological polar surface area (TPSA) is 86.9 Å². The predicted octanol–water partition coefficient (Wildman–Crippen LogP) is 4.76. The fraction of sp³-hybridized carbons (Fsp3) is 0.348. The number of rotatable bonds is 5. The number of hydrogen-bond acceptors (Lipinski definition) is 5. The lowest BCUT2D eigenvalue weighted by Gasteiger charge is -2.33. The summed E-state index contributed by atoms with van der Waals surface area (Å²) in [6.07, 6.45) is 0.941. The highest BCUT2D eigenvalue weighted by molar-refractivity contribution is 6.32. The zero-order valence-electron chi connectivity index (χ0n) is 18.1. The summed E-state index contributed by atoms with van der Waals surface area (Å²) in [6.45, 7) is 3.73. The number of anilines is 2. The number of pyridine rings is 1. The molecule has 2 N–H and O–H groups in total. The number of para-hydroxylation sites is 1. The van der Waals surface area contributed by atoms with E-state index >= 15 is 0 Å². The fourth-order valence-electron chi connectivity index (χ4n) is 4.06. The highest BCUT2D eigenvalue weighted by atomic mass is 35.5. The van der Waals surface area contributed by atoms with Crippen molar-refractivity contribution < 1.29 is 18.7 Å². The summed E-state index contributed by atoms with van der Waals surface area (Å²) in [5.41, 5.74) is 1.80. The van der Waals surface area contributed by atoms with Crippen molar-refractivity contribution in [1.29, 1.82) is 0 Å². The second kappa shape index (κ2) is 8.62. The molecule has 1 aromatic carbocycles. The van der Waals surface area contributed by atoms with Gasteiger partial charge >= 0.3 is 5.97 Å². The maximum absolute atomic E-state index is 13.6. The Morgan fingerprint density at radius 3 is 2.61 bits per heavy atom. The van der Waals surface area contributed by atoms with Crippen LogP contribution in [0.15, 0.2) is 41.3 Å². The normalized spacial score (nSPS) is 16.6. The standard InChI is InChI=1S/C23H23ClF2N4O3/c1-13-11-16(14(2)27-17-6-4-3-5-15(17)22(32)33)19-28-20(18(24)21(31)30(19)12-13)29-9-7-23(25,26)8-10-29/h3-6,11-12,14,27H,7-10H2,1-2H3,(H,32,33). The van der Waals surface area contributed by atoms with Crippen molar-refractivity contribution in [3.8, 4) is 0 Å². The van der Waals surface area contributed by atoms with Gasteiger partial charge in [0, 0.05) is 43.4 Å². The highest BCUT2D eigenvalue weighted by Crippen LogP contribution is 2.33. The van der Waals surface area contributed by atoms with Gasteiger partial charge in [-0.2, -0.15) is 0 Å². The molecule has 33 heavy (non-hydrogen) atoms. The summed E-state index contributed by atoms with van der Waals surface area (Å²) >= 11 is 6.34. The van der Waals surface area contributed by atoms with Gasteiger partial charge in [-0.1, -0.05) is 23.7 Å². The van der Waals surface area contributed by atoms with Crippen molar-refractivity contribution in [2.24, 2.45) is 0 Å². The first-order valence-electron chi connectivity index (χ1n) is 10.5. The Labute approximate surface area is 193 Å². The van der Waals surface area contributed by atoms with Crippen molar-refractivity contribution in [2.75, 3.05) is 23.3 Å². The molecular formula is C23H23ClF2N4O3. The number of nitrogens with zero attached hydrogens (tertiary/aromatic N) is 3. The van der Waals surface area contributed by atoms with Crippen LogP contribution in [-0.4, -0.2) is 39.5 Å². The molecule has 7 nitrogen and oxygen atoms in total. The number of halogens is 3. The van der Waals surface area contributed by atoms with E-state index in [4.69, 9.17) is 11.6 Å². The summed E-state index contributed by atoms with van der Waals surface area (Å²) in [4.78, 5) is 30.9. The molecule has 1 aliphatic heterocycles. The number of aryl methyl sites for hydroxylation is 1. The molecule has 0 amide bonds. The molecule has 4 rings (SSSR count). The average molecular weight is 477 g/mol. The van der Waals surface area contributed by atoms with Gasteiger partial charge in [0.05, 0.1) is 11.6 Å². The van der Waals surface area contributed by atoms with Crippen LogP contribution in [0.2, 0.25) is 5.02 Å². The van der Waals surface area contributed by atoms with E-state index in [1.54, 1.807) is 29.3 Å². The molecule has 1 atom stereocenters. The molecule has 0 bridgehead atoms. The number of nitrogens with one attached hydrogen (secondary N) is 1. The summed E-state index contributed by atoms with van der Waals surface area (Å²) in [5, 5.41) is 12.5. The van der Waals surface area contributed by atoms with Gasteiger partial charge in [0.15, 0.2) is 5.82 Å². The van der Waals surface area contributed by atoms with Gasteiger partial charge in [-0.05, 0) is 37.6 Å². The van der Waals surface area contributed by atoms with Crippen molar-refractivity contribution >= 4 is 34.7 Å². The molecule has 1 saturated heterocycles. The van der Waals surface area contributed by atoms with E-state index in [1.807, 2.05) is 19.9 Å². The van der Waals surface area contributed by atoms with Crippen LogP contribution in [0.25, 0.3) is 5.65 Å². The molecule has 0 saturated carbocycles. The molecule has 174 valence electrons. The van der Waals surface area contributed by atoms with Crippen molar-refractivity contribution in [2.45, 2.75) is 38.7 Å². The van der Waals surface area contributed by atoms with Crippen LogP contribution in [-0.2, 0) is 0 Å². The molecule has 3 aromatic rings. The predicted molar refractivity (Wildman–Crippen MR) is 123 cm³/mol. The number of aromatic carboxylic acids is 1. The first kappa shape index (κ1) is 23.0. The van der Waals surface area contributed by atoms with Gasteiger partial charge in [-0.3, -0.25) is 9.20 Å². The van der Waals surface area contributed by atoms with Gasteiger partial charge in [-0.25, -0.2) is 18.6 Å². The van der Waals surface area contributed by atoms with Crippen molar-refractivity contribution in [3.63, 3.8) is 0 Å². The Hall–Kier alpha value is -3.20. The minimum absolute atomic E-state index is 0.0380. The third kappa shape index (κ3) is 4.50. The quantitative estimate of drug-likeness (QED) is 0.552. The van der Waals surface area contributed by atoms with E-state index < -0.39 is 23.5 Å². The molecule has 3 heterocycles. The third-order valence-electron chi connectivity index (χ3n) is 5.81. The van der Waals surface area contributed by atoms with E-state index in [1.165, 1.54) is 10.5 Å². The number of aromatic nitrogens is 2. The monoisotopic (exact) mass is 476 g/mol. The number of alkyl halides is 2. The average Bonchev–Trinajstić information content (AvgIpc) is 2.76. The second-order valence-corrected chi connectivity index (χ2v) is 8.66. The summed E-state index contributed by atoms with van der Waals surface area (Å²) in [7, 11) is 0. The van der Waals surface area contributed by atoms with Gasteiger partial charge in [0.25, 0.3) is 11.5 Å².